The fourth-order valence-electron chi connectivity index (χ4n) is 1.99. The number of nitrogens with one attached hydrogen (secondary N) is 2. The van der Waals surface area contributed by atoms with Gasteiger partial charge in [-0.15, -0.1) is 0 Å². The van der Waals surface area contributed by atoms with Gasteiger partial charge >= 0.3 is 6.18 Å². The number of nitrogens with zero attached hydrogens (tertiary/aromatic N) is 1. The van der Waals surface area contributed by atoms with Gasteiger partial charge in [0.2, 0.25) is 0 Å². The minimum absolute atomic E-state index is 0.326. The Morgan fingerprint density at radius 3 is 2.38 bits per heavy atom. The van der Waals surface area contributed by atoms with Gasteiger partial charge in [0.15, 0.2) is 5.96 Å². The van der Waals surface area contributed by atoms with E-state index in [1.54, 1.807) is 0 Å². The van der Waals surface area contributed by atoms with Crippen LogP contribution in [-0.2, 0) is 17.5 Å². The third-order valence-corrected chi connectivity index (χ3v) is 3.26. The van der Waals surface area contributed by atoms with E-state index in [9.17, 15) is 13.2 Å². The van der Waals surface area contributed by atoms with Crippen molar-refractivity contribution in [3.05, 3.63) is 35.4 Å². The molecule has 0 spiro atoms. The second-order valence-electron chi connectivity index (χ2n) is 5.22. The van der Waals surface area contributed by atoms with Crippen molar-refractivity contribution >= 4 is 5.96 Å². The van der Waals surface area contributed by atoms with E-state index in [0.717, 1.165) is 56.8 Å². The monoisotopic (exact) mass is 345 g/mol. The van der Waals surface area contributed by atoms with Crippen LogP contribution >= 0.6 is 0 Å². The van der Waals surface area contributed by atoms with Crippen LogP contribution in [-0.4, -0.2) is 32.3 Å². The molecule has 1 aromatic carbocycles. The van der Waals surface area contributed by atoms with Crippen molar-refractivity contribution in [1.82, 2.24) is 10.6 Å². The predicted octanol–water partition coefficient (Wildman–Crippen LogP) is 3.58. The van der Waals surface area contributed by atoms with Crippen molar-refractivity contribution in [2.75, 3.05) is 26.3 Å². The van der Waals surface area contributed by atoms with Gasteiger partial charge in [-0.1, -0.05) is 12.1 Å². The van der Waals surface area contributed by atoms with Gasteiger partial charge in [0.25, 0.3) is 0 Å². The van der Waals surface area contributed by atoms with Crippen LogP contribution in [0.15, 0.2) is 29.3 Å². The zero-order valence-electron chi connectivity index (χ0n) is 14.2. The first-order chi connectivity index (χ1) is 11.5. The zero-order chi connectivity index (χ0) is 17.8. The third-order valence-electron chi connectivity index (χ3n) is 3.26. The van der Waals surface area contributed by atoms with Gasteiger partial charge in [-0.05, 0) is 44.4 Å². The lowest BCUT2D eigenvalue weighted by atomic mass is 10.1. The van der Waals surface area contributed by atoms with E-state index < -0.39 is 11.7 Å². The van der Waals surface area contributed by atoms with Gasteiger partial charge in [-0.3, -0.25) is 0 Å². The maximum absolute atomic E-state index is 12.5. The van der Waals surface area contributed by atoms with E-state index in [-0.39, 0.29) is 0 Å². The van der Waals surface area contributed by atoms with E-state index in [1.165, 1.54) is 12.1 Å². The minimum atomic E-state index is -4.31. The normalized spacial score (nSPS) is 12.3. The number of aliphatic imine (C=N–C) groups is 1. The Hall–Kier alpha value is -1.76. The number of hydrogen-bond acceptors (Lipinski definition) is 2. The van der Waals surface area contributed by atoms with Crippen LogP contribution in [0.1, 0.15) is 37.8 Å². The SMILES string of the molecule is CCNC(=NCc1ccc(C(F)(F)F)cc1)NCCCCOCC. The summed E-state index contributed by atoms with van der Waals surface area (Å²) in [5, 5.41) is 6.33. The molecule has 0 saturated heterocycles. The number of hydrogen-bond donors (Lipinski definition) is 2. The molecule has 2 N–H and O–H groups in total. The number of ether oxygens (including phenoxy) is 1. The van der Waals surface area contributed by atoms with Gasteiger partial charge in [0, 0.05) is 26.3 Å². The zero-order valence-corrected chi connectivity index (χ0v) is 14.2. The molecule has 0 radical (unpaired) electrons. The van der Waals surface area contributed by atoms with E-state index in [1.807, 2.05) is 13.8 Å². The lowest BCUT2D eigenvalue weighted by Crippen LogP contribution is -2.37. The van der Waals surface area contributed by atoms with E-state index in [2.05, 4.69) is 15.6 Å². The second-order valence-corrected chi connectivity index (χ2v) is 5.22. The summed E-state index contributed by atoms with van der Waals surface area (Å²) in [6.07, 6.45) is -2.37. The largest absolute Gasteiger partial charge is 0.416 e. The highest BCUT2D eigenvalue weighted by molar-refractivity contribution is 5.79. The lowest BCUT2D eigenvalue weighted by Gasteiger charge is -2.11. The van der Waals surface area contributed by atoms with Gasteiger partial charge in [0.05, 0.1) is 12.1 Å². The molecule has 0 aliphatic carbocycles. The Kier molecular flexibility index (Phi) is 9.22. The smallest absolute Gasteiger partial charge is 0.382 e. The van der Waals surface area contributed by atoms with Crippen LogP contribution in [0.4, 0.5) is 13.2 Å². The first kappa shape index (κ1) is 20.3. The topological polar surface area (TPSA) is 45.7 Å². The molecular formula is C17H26F3N3O. The minimum Gasteiger partial charge on any atom is -0.382 e. The molecule has 0 unspecified atom stereocenters. The van der Waals surface area contributed by atoms with Crippen LogP contribution < -0.4 is 10.6 Å². The number of benzene rings is 1. The first-order valence-corrected chi connectivity index (χ1v) is 8.23. The van der Waals surface area contributed by atoms with Crippen LogP contribution in [0, 0.1) is 0 Å². The molecule has 0 heterocycles. The average molecular weight is 345 g/mol. The van der Waals surface area contributed by atoms with Crippen molar-refractivity contribution in [3.8, 4) is 0 Å². The maximum atomic E-state index is 12.5. The van der Waals surface area contributed by atoms with Crippen molar-refractivity contribution < 1.29 is 17.9 Å². The van der Waals surface area contributed by atoms with Crippen LogP contribution in [0.5, 0.6) is 0 Å². The third kappa shape index (κ3) is 8.19. The number of guanidine groups is 1. The first-order valence-electron chi connectivity index (χ1n) is 8.23. The molecular weight excluding hydrogens is 319 g/mol. The van der Waals surface area contributed by atoms with Crippen LogP contribution in [0.2, 0.25) is 0 Å². The van der Waals surface area contributed by atoms with E-state index in [0.29, 0.717) is 12.5 Å². The number of unbranched alkanes of at least 4 members (excludes halogenated alkanes) is 1. The molecule has 0 aliphatic rings. The summed E-state index contributed by atoms with van der Waals surface area (Å²) in [6, 6.07) is 5.08. The highest BCUT2D eigenvalue weighted by Gasteiger charge is 2.29. The summed E-state index contributed by atoms with van der Waals surface area (Å²) in [5.74, 6) is 0.661. The molecule has 1 rings (SSSR count). The van der Waals surface area contributed by atoms with Crippen molar-refractivity contribution in [1.29, 1.82) is 0 Å². The molecule has 24 heavy (non-hydrogen) atoms. The summed E-state index contributed by atoms with van der Waals surface area (Å²) < 4.78 is 42.9. The molecule has 0 saturated carbocycles. The quantitative estimate of drug-likeness (QED) is 0.408. The highest BCUT2D eigenvalue weighted by atomic mass is 19.4. The van der Waals surface area contributed by atoms with Gasteiger partial charge in [-0.2, -0.15) is 13.2 Å². The molecule has 1 aromatic rings. The summed E-state index contributed by atoms with van der Waals surface area (Å²) in [7, 11) is 0. The molecule has 0 atom stereocenters. The molecule has 136 valence electrons. The molecule has 4 nitrogen and oxygen atoms in total. The Bertz CT molecular complexity index is 487. The van der Waals surface area contributed by atoms with Gasteiger partial charge < -0.3 is 15.4 Å². The summed E-state index contributed by atoms with van der Waals surface area (Å²) in [4.78, 5) is 4.39. The maximum Gasteiger partial charge on any atom is 0.416 e. The highest BCUT2D eigenvalue weighted by Crippen LogP contribution is 2.29. The molecule has 0 amide bonds. The summed E-state index contributed by atoms with van der Waals surface area (Å²) >= 11 is 0. The van der Waals surface area contributed by atoms with Gasteiger partial charge in [0.1, 0.15) is 0 Å². The second kappa shape index (κ2) is 10.9. The standard InChI is InChI=1S/C17H26F3N3O/c1-3-21-16(22-11-5-6-12-24-4-2)23-13-14-7-9-15(10-8-14)17(18,19)20/h7-10H,3-6,11-13H2,1-2H3,(H2,21,22,23). The lowest BCUT2D eigenvalue weighted by molar-refractivity contribution is -0.137. The fraction of sp³-hybridized carbons (Fsp3) is 0.588. The Morgan fingerprint density at radius 2 is 1.79 bits per heavy atom. The Balaban J connectivity index is 2.47. The number of alkyl halides is 3. The fourth-order valence-corrected chi connectivity index (χ4v) is 1.99. The molecule has 0 aromatic heterocycles. The molecule has 0 aliphatic heterocycles. The van der Waals surface area contributed by atoms with Gasteiger partial charge in [-0.25, -0.2) is 4.99 Å². The molecule has 0 bridgehead atoms. The average Bonchev–Trinajstić information content (AvgIpc) is 2.55. The number of halogens is 3. The van der Waals surface area contributed by atoms with E-state index in [4.69, 9.17) is 4.74 Å². The molecule has 7 heteroatoms. The summed E-state index contributed by atoms with van der Waals surface area (Å²) in [5.41, 5.74) is 0.0890. The van der Waals surface area contributed by atoms with Crippen molar-refractivity contribution in [2.45, 2.75) is 39.4 Å². The van der Waals surface area contributed by atoms with Crippen LogP contribution in [0.25, 0.3) is 0 Å². The number of rotatable bonds is 9. The predicted molar refractivity (Wildman–Crippen MR) is 90.0 cm³/mol. The summed E-state index contributed by atoms with van der Waals surface area (Å²) in [6.45, 7) is 7.22. The van der Waals surface area contributed by atoms with Crippen molar-refractivity contribution in [2.24, 2.45) is 4.99 Å². The molecule has 0 fully saturated rings. The van der Waals surface area contributed by atoms with Crippen LogP contribution in [0.3, 0.4) is 0 Å². The van der Waals surface area contributed by atoms with E-state index >= 15 is 0 Å². The van der Waals surface area contributed by atoms with Crippen molar-refractivity contribution in [3.63, 3.8) is 0 Å². The Labute approximate surface area is 141 Å². The Morgan fingerprint density at radius 1 is 1.08 bits per heavy atom.